The van der Waals surface area contributed by atoms with Gasteiger partial charge in [0, 0.05) is 41.8 Å². The maximum absolute atomic E-state index is 13.4. The van der Waals surface area contributed by atoms with Gasteiger partial charge in [-0.25, -0.2) is 0 Å². The van der Waals surface area contributed by atoms with Crippen molar-refractivity contribution in [3.63, 3.8) is 0 Å². The van der Waals surface area contributed by atoms with Crippen LogP contribution in [0.5, 0.6) is 0 Å². The number of nitrogens with zero attached hydrogens (tertiary/aromatic N) is 2. The first-order valence-corrected chi connectivity index (χ1v) is 9.41. The zero-order valence-electron chi connectivity index (χ0n) is 14.1. The Bertz CT molecular complexity index is 765. The molecule has 2 aliphatic rings. The lowest BCUT2D eigenvalue weighted by atomic mass is 9.84. The van der Waals surface area contributed by atoms with Crippen LogP contribution in [0.4, 0.5) is 13.2 Å². The maximum Gasteiger partial charge on any atom is 0.425 e. The molecule has 0 saturated carbocycles. The van der Waals surface area contributed by atoms with Crippen LogP contribution >= 0.6 is 11.3 Å². The first-order chi connectivity index (χ1) is 12.4. The summed E-state index contributed by atoms with van der Waals surface area (Å²) in [6, 6.07) is 0. The zero-order valence-corrected chi connectivity index (χ0v) is 14.9. The average molecular weight is 387 g/mol. The molecule has 142 valence electrons. The van der Waals surface area contributed by atoms with Gasteiger partial charge in [-0.2, -0.15) is 18.3 Å². The number of likely N-dealkylation sites (tertiary alicyclic amines) is 1. The lowest BCUT2D eigenvalue weighted by Crippen LogP contribution is -2.45. The van der Waals surface area contributed by atoms with Crippen molar-refractivity contribution in [3.05, 3.63) is 38.8 Å². The van der Waals surface area contributed by atoms with Crippen LogP contribution in [-0.2, 0) is 36.1 Å². The summed E-state index contributed by atoms with van der Waals surface area (Å²) in [5.41, 5.74) is 1.13. The molecule has 0 aliphatic carbocycles. The van der Waals surface area contributed by atoms with Crippen molar-refractivity contribution in [2.24, 2.45) is 0 Å². The molecule has 1 spiro atoms. The van der Waals surface area contributed by atoms with Gasteiger partial charge in [0.05, 0.1) is 19.4 Å². The largest absolute Gasteiger partial charge is 0.425 e. The van der Waals surface area contributed by atoms with Crippen LogP contribution in [0, 0.1) is 0 Å². The smallest absolute Gasteiger partial charge is 0.392 e. The van der Waals surface area contributed by atoms with E-state index in [2.05, 4.69) is 15.1 Å². The van der Waals surface area contributed by atoms with E-state index in [1.54, 1.807) is 6.20 Å². The SMILES string of the molecule is OCc1c(C(F)(F)F)sc2c1CCOC21CCN(Cc2cn[nH]c2)CC1. The predicted molar refractivity (Wildman–Crippen MR) is 89.7 cm³/mol. The van der Waals surface area contributed by atoms with E-state index >= 15 is 0 Å². The Morgan fingerprint density at radius 3 is 2.73 bits per heavy atom. The molecule has 2 aromatic heterocycles. The number of aromatic nitrogens is 2. The second kappa shape index (κ2) is 6.63. The van der Waals surface area contributed by atoms with Crippen LogP contribution in [0.2, 0.25) is 0 Å². The number of ether oxygens (including phenoxy) is 1. The highest BCUT2D eigenvalue weighted by Crippen LogP contribution is 2.50. The second-order valence-corrected chi connectivity index (χ2v) is 7.87. The summed E-state index contributed by atoms with van der Waals surface area (Å²) in [7, 11) is 0. The highest BCUT2D eigenvalue weighted by Gasteiger charge is 2.47. The molecule has 0 atom stereocenters. The van der Waals surface area contributed by atoms with Crippen LogP contribution in [0.25, 0.3) is 0 Å². The number of aliphatic hydroxyl groups excluding tert-OH is 1. The van der Waals surface area contributed by atoms with Crippen molar-refractivity contribution < 1.29 is 23.0 Å². The predicted octanol–water partition coefficient (Wildman–Crippen LogP) is 3.05. The molecular formula is C17H20F3N3O2S. The number of alkyl halides is 3. The average Bonchev–Trinajstić information content (AvgIpc) is 3.24. The Kier molecular flexibility index (Phi) is 4.58. The quantitative estimate of drug-likeness (QED) is 0.850. The Hall–Kier alpha value is -1.42. The van der Waals surface area contributed by atoms with Gasteiger partial charge in [0.15, 0.2) is 0 Å². The van der Waals surface area contributed by atoms with E-state index in [1.165, 1.54) is 0 Å². The summed E-state index contributed by atoms with van der Waals surface area (Å²) in [6.45, 7) is 2.08. The molecule has 0 radical (unpaired) electrons. The number of hydrogen-bond donors (Lipinski definition) is 2. The van der Waals surface area contributed by atoms with Gasteiger partial charge in [0.2, 0.25) is 0 Å². The zero-order chi connectivity index (χ0) is 18.4. The molecule has 9 heteroatoms. The third-order valence-electron chi connectivity index (χ3n) is 5.30. The van der Waals surface area contributed by atoms with E-state index in [0.717, 1.165) is 36.5 Å². The van der Waals surface area contributed by atoms with Gasteiger partial charge in [-0.1, -0.05) is 0 Å². The molecule has 2 N–H and O–H groups in total. The minimum atomic E-state index is -4.44. The van der Waals surface area contributed by atoms with Crippen LogP contribution < -0.4 is 0 Å². The molecule has 0 amide bonds. The number of aromatic amines is 1. The number of aliphatic hydroxyl groups is 1. The third kappa shape index (κ3) is 3.06. The normalized spacial score (nSPS) is 20.5. The molecule has 1 fully saturated rings. The molecule has 0 bridgehead atoms. The summed E-state index contributed by atoms with van der Waals surface area (Å²) in [6.07, 6.45) is 0.923. The maximum atomic E-state index is 13.4. The number of hydrogen-bond acceptors (Lipinski definition) is 5. The van der Waals surface area contributed by atoms with Gasteiger partial charge >= 0.3 is 6.18 Å². The number of halogens is 3. The first kappa shape index (κ1) is 18.0. The molecular weight excluding hydrogens is 367 g/mol. The van der Waals surface area contributed by atoms with Gasteiger partial charge in [0.25, 0.3) is 0 Å². The van der Waals surface area contributed by atoms with E-state index in [9.17, 15) is 18.3 Å². The van der Waals surface area contributed by atoms with Crippen molar-refractivity contribution >= 4 is 11.3 Å². The molecule has 4 heterocycles. The molecule has 5 nitrogen and oxygen atoms in total. The fourth-order valence-corrected chi connectivity index (χ4v) is 5.44. The molecule has 1 saturated heterocycles. The summed E-state index contributed by atoms with van der Waals surface area (Å²) < 4.78 is 46.2. The van der Waals surface area contributed by atoms with Gasteiger partial charge < -0.3 is 9.84 Å². The summed E-state index contributed by atoms with van der Waals surface area (Å²) >= 11 is 0.762. The van der Waals surface area contributed by atoms with Crippen molar-refractivity contribution in [2.45, 2.75) is 44.2 Å². The van der Waals surface area contributed by atoms with Crippen molar-refractivity contribution in [3.8, 4) is 0 Å². The van der Waals surface area contributed by atoms with Gasteiger partial charge in [-0.3, -0.25) is 10.00 Å². The molecule has 0 aromatic carbocycles. The summed E-state index contributed by atoms with van der Waals surface area (Å²) in [5, 5.41) is 16.3. The number of rotatable bonds is 3. The fraction of sp³-hybridized carbons (Fsp3) is 0.588. The number of thiophene rings is 1. The van der Waals surface area contributed by atoms with E-state index in [1.807, 2.05) is 6.20 Å². The van der Waals surface area contributed by atoms with Crippen molar-refractivity contribution in [1.29, 1.82) is 0 Å². The number of piperidine rings is 1. The summed E-state index contributed by atoms with van der Waals surface area (Å²) in [4.78, 5) is 2.26. The lowest BCUT2D eigenvalue weighted by Gasteiger charge is -2.43. The number of H-pyrrole nitrogens is 1. The van der Waals surface area contributed by atoms with Gasteiger partial charge in [0.1, 0.15) is 10.5 Å². The van der Waals surface area contributed by atoms with Gasteiger partial charge in [-0.05, 0) is 24.8 Å². The minimum absolute atomic E-state index is 0.0426. The monoisotopic (exact) mass is 387 g/mol. The second-order valence-electron chi connectivity index (χ2n) is 6.85. The summed E-state index contributed by atoms with van der Waals surface area (Å²) in [5.74, 6) is 0. The lowest BCUT2D eigenvalue weighted by molar-refractivity contribution is -0.135. The van der Waals surface area contributed by atoms with Crippen LogP contribution in [0.15, 0.2) is 12.4 Å². The molecule has 2 aliphatic heterocycles. The molecule has 4 rings (SSSR count). The van der Waals surface area contributed by atoms with Crippen LogP contribution in [-0.4, -0.2) is 39.9 Å². The van der Waals surface area contributed by atoms with E-state index in [4.69, 9.17) is 4.74 Å². The Balaban J connectivity index is 1.59. The van der Waals surface area contributed by atoms with Crippen molar-refractivity contribution in [1.82, 2.24) is 15.1 Å². The van der Waals surface area contributed by atoms with Crippen molar-refractivity contribution in [2.75, 3.05) is 19.7 Å². The van der Waals surface area contributed by atoms with E-state index in [0.29, 0.717) is 36.3 Å². The first-order valence-electron chi connectivity index (χ1n) is 8.60. The Morgan fingerprint density at radius 1 is 1.35 bits per heavy atom. The molecule has 26 heavy (non-hydrogen) atoms. The highest BCUT2D eigenvalue weighted by atomic mass is 32.1. The topological polar surface area (TPSA) is 61.4 Å². The fourth-order valence-electron chi connectivity index (χ4n) is 4.01. The third-order valence-corrected chi connectivity index (χ3v) is 6.81. The van der Waals surface area contributed by atoms with E-state index in [-0.39, 0.29) is 5.56 Å². The minimum Gasteiger partial charge on any atom is -0.392 e. The van der Waals surface area contributed by atoms with E-state index < -0.39 is 23.3 Å². The number of fused-ring (bicyclic) bond motifs is 2. The standard InChI is InChI=1S/C17H20F3N3O2S/c18-17(19,20)15-13(10-24)12-1-6-25-16(14(12)26-15)2-4-23(5-3-16)9-11-7-21-22-8-11/h7-8,24H,1-6,9-10H2,(H,21,22). The Labute approximate surface area is 152 Å². The Morgan fingerprint density at radius 2 is 2.12 bits per heavy atom. The molecule has 2 aromatic rings. The molecule has 0 unspecified atom stereocenters. The van der Waals surface area contributed by atoms with Gasteiger partial charge in [-0.15, -0.1) is 11.3 Å². The van der Waals surface area contributed by atoms with Crippen LogP contribution in [0.3, 0.4) is 0 Å². The highest BCUT2D eigenvalue weighted by molar-refractivity contribution is 7.12. The number of nitrogens with one attached hydrogen (secondary N) is 1. The van der Waals surface area contributed by atoms with Crippen LogP contribution in [0.1, 0.15) is 39.3 Å².